The molecule has 0 spiro atoms. The molecule has 136 valence electrons. The van der Waals surface area contributed by atoms with Gasteiger partial charge in [-0.05, 0) is 24.3 Å². The van der Waals surface area contributed by atoms with Crippen LogP contribution >= 0.6 is 11.3 Å². The number of hydrogen-bond acceptors (Lipinski definition) is 5. The van der Waals surface area contributed by atoms with Crippen molar-refractivity contribution >= 4 is 28.9 Å². The van der Waals surface area contributed by atoms with Crippen LogP contribution in [-0.2, 0) is 9.59 Å². The second kappa shape index (κ2) is 8.10. The number of amides is 2. The lowest BCUT2D eigenvalue weighted by atomic mass is 9.95. The van der Waals surface area contributed by atoms with Gasteiger partial charge in [0.1, 0.15) is 0 Å². The molecule has 0 N–H and O–H groups in total. The molecule has 1 aromatic rings. The van der Waals surface area contributed by atoms with Crippen molar-refractivity contribution in [3.8, 4) is 0 Å². The number of carbonyl (C=O) groups excluding carboxylic acids is 3. The van der Waals surface area contributed by atoms with E-state index in [-0.39, 0.29) is 23.5 Å². The summed E-state index contributed by atoms with van der Waals surface area (Å²) in [6, 6.07) is 3.76. The Morgan fingerprint density at radius 3 is 2.28 bits per heavy atom. The van der Waals surface area contributed by atoms with E-state index in [9.17, 15) is 14.4 Å². The number of carbonyl (C=O) groups is 3. The lowest BCUT2D eigenvalue weighted by molar-refractivity contribution is -0.141. The molecule has 0 radical (unpaired) electrons. The monoisotopic (exact) mass is 363 g/mol. The Bertz CT molecular complexity index is 616. The molecule has 2 aliphatic heterocycles. The van der Waals surface area contributed by atoms with Gasteiger partial charge in [0.25, 0.3) is 0 Å². The average Bonchev–Trinajstić information content (AvgIpc) is 3.17. The fraction of sp³-hybridized carbons (Fsp3) is 0.611. The minimum Gasteiger partial charge on any atom is -0.343 e. The number of ketones is 1. The van der Waals surface area contributed by atoms with Crippen LogP contribution in [0, 0.1) is 5.92 Å². The van der Waals surface area contributed by atoms with Crippen LogP contribution in [0.25, 0.3) is 0 Å². The minimum absolute atomic E-state index is 0.0369. The standard InChI is InChI=1S/C18H25N3O3S/c1-14(22)20-6-4-15(5-7-20)18(24)21-10-8-19(9-11-21)13-16(23)17-3-2-12-25-17/h2-3,12,15H,4-11,13H2,1H3. The largest absolute Gasteiger partial charge is 0.343 e. The summed E-state index contributed by atoms with van der Waals surface area (Å²) in [6.07, 6.45) is 1.52. The zero-order valence-corrected chi connectivity index (χ0v) is 15.5. The fourth-order valence-electron chi connectivity index (χ4n) is 3.54. The van der Waals surface area contributed by atoms with E-state index < -0.39 is 0 Å². The lowest BCUT2D eigenvalue weighted by Crippen LogP contribution is -2.52. The van der Waals surface area contributed by atoms with Gasteiger partial charge in [0.15, 0.2) is 5.78 Å². The van der Waals surface area contributed by atoms with Gasteiger partial charge in [0, 0.05) is 52.1 Å². The predicted octanol–water partition coefficient (Wildman–Crippen LogP) is 1.33. The molecular weight excluding hydrogens is 338 g/mol. The van der Waals surface area contributed by atoms with Gasteiger partial charge in [0.05, 0.1) is 11.4 Å². The Morgan fingerprint density at radius 1 is 1.04 bits per heavy atom. The molecule has 2 aliphatic rings. The Balaban J connectivity index is 1.43. The van der Waals surface area contributed by atoms with E-state index in [4.69, 9.17) is 0 Å². The quantitative estimate of drug-likeness (QED) is 0.758. The molecule has 0 saturated carbocycles. The normalized spacial score (nSPS) is 19.9. The van der Waals surface area contributed by atoms with E-state index in [1.807, 2.05) is 27.3 Å². The summed E-state index contributed by atoms with van der Waals surface area (Å²) < 4.78 is 0. The van der Waals surface area contributed by atoms with Gasteiger partial charge in [-0.3, -0.25) is 19.3 Å². The van der Waals surface area contributed by atoms with Gasteiger partial charge in [-0.1, -0.05) is 6.07 Å². The molecule has 1 aromatic heterocycles. The van der Waals surface area contributed by atoms with Crippen molar-refractivity contribution in [1.82, 2.24) is 14.7 Å². The topological polar surface area (TPSA) is 60.9 Å². The Kier molecular flexibility index (Phi) is 5.86. The van der Waals surface area contributed by atoms with Crippen LogP contribution in [-0.4, -0.2) is 78.1 Å². The number of piperidine rings is 1. The van der Waals surface area contributed by atoms with E-state index in [0.717, 1.165) is 30.8 Å². The fourth-order valence-corrected chi connectivity index (χ4v) is 4.20. The third-order valence-corrected chi connectivity index (χ3v) is 6.05. The highest BCUT2D eigenvalue weighted by atomic mass is 32.1. The number of thiophene rings is 1. The van der Waals surface area contributed by atoms with Crippen LogP contribution < -0.4 is 0 Å². The number of hydrogen-bond donors (Lipinski definition) is 0. The lowest BCUT2D eigenvalue weighted by Gasteiger charge is -2.38. The van der Waals surface area contributed by atoms with Crippen molar-refractivity contribution in [1.29, 1.82) is 0 Å². The Morgan fingerprint density at radius 2 is 1.72 bits per heavy atom. The van der Waals surface area contributed by atoms with Crippen LogP contribution in [0.3, 0.4) is 0 Å². The van der Waals surface area contributed by atoms with Gasteiger partial charge >= 0.3 is 0 Å². The van der Waals surface area contributed by atoms with E-state index >= 15 is 0 Å². The van der Waals surface area contributed by atoms with Crippen molar-refractivity contribution in [3.05, 3.63) is 22.4 Å². The van der Waals surface area contributed by atoms with E-state index in [0.29, 0.717) is 32.7 Å². The third-order valence-electron chi connectivity index (χ3n) is 5.14. The molecule has 2 saturated heterocycles. The van der Waals surface area contributed by atoms with Crippen LogP contribution in [0.15, 0.2) is 17.5 Å². The maximum absolute atomic E-state index is 12.7. The molecule has 7 heteroatoms. The van der Waals surface area contributed by atoms with Gasteiger partial charge in [-0.25, -0.2) is 0 Å². The molecule has 25 heavy (non-hydrogen) atoms. The van der Waals surface area contributed by atoms with E-state index in [2.05, 4.69) is 4.90 Å². The Labute approximate surface area is 152 Å². The van der Waals surface area contributed by atoms with Crippen LogP contribution in [0.1, 0.15) is 29.4 Å². The highest BCUT2D eigenvalue weighted by Crippen LogP contribution is 2.21. The van der Waals surface area contributed by atoms with Crippen molar-refractivity contribution in [3.63, 3.8) is 0 Å². The first-order valence-electron chi connectivity index (χ1n) is 8.88. The van der Waals surface area contributed by atoms with Crippen molar-refractivity contribution < 1.29 is 14.4 Å². The summed E-state index contributed by atoms with van der Waals surface area (Å²) in [7, 11) is 0. The van der Waals surface area contributed by atoms with E-state index in [1.54, 1.807) is 6.92 Å². The number of rotatable bonds is 4. The summed E-state index contributed by atoms with van der Waals surface area (Å²) in [5.74, 6) is 0.503. The summed E-state index contributed by atoms with van der Waals surface area (Å²) in [6.45, 7) is 6.23. The number of nitrogens with zero attached hydrogens (tertiary/aromatic N) is 3. The van der Waals surface area contributed by atoms with Gasteiger partial charge in [-0.15, -0.1) is 11.3 Å². The predicted molar refractivity (Wildman–Crippen MR) is 96.6 cm³/mol. The number of Topliss-reactive ketones (excluding diaryl/α,β-unsaturated/α-hetero) is 1. The van der Waals surface area contributed by atoms with Crippen LogP contribution in [0.4, 0.5) is 0 Å². The second-order valence-electron chi connectivity index (χ2n) is 6.78. The zero-order chi connectivity index (χ0) is 17.8. The molecule has 3 heterocycles. The van der Waals surface area contributed by atoms with Gasteiger partial charge in [0.2, 0.25) is 11.8 Å². The summed E-state index contributed by atoms with van der Waals surface area (Å²) in [5, 5.41) is 1.92. The molecule has 0 bridgehead atoms. The summed E-state index contributed by atoms with van der Waals surface area (Å²) >= 11 is 1.48. The molecule has 2 amide bonds. The van der Waals surface area contributed by atoms with Crippen molar-refractivity contribution in [2.45, 2.75) is 19.8 Å². The summed E-state index contributed by atoms with van der Waals surface area (Å²) in [4.78, 5) is 42.9. The maximum atomic E-state index is 12.7. The SMILES string of the molecule is CC(=O)N1CCC(C(=O)N2CCN(CC(=O)c3cccs3)CC2)CC1. The van der Waals surface area contributed by atoms with Gasteiger partial charge in [-0.2, -0.15) is 0 Å². The highest BCUT2D eigenvalue weighted by molar-refractivity contribution is 7.12. The molecule has 0 unspecified atom stereocenters. The molecular formula is C18H25N3O3S. The Hall–Kier alpha value is -1.73. The van der Waals surface area contributed by atoms with Crippen LogP contribution in [0.5, 0.6) is 0 Å². The molecule has 0 aromatic carbocycles. The first kappa shape index (κ1) is 18.1. The number of likely N-dealkylation sites (tertiary alicyclic amines) is 1. The van der Waals surface area contributed by atoms with Gasteiger partial charge < -0.3 is 9.80 Å². The second-order valence-corrected chi connectivity index (χ2v) is 7.73. The zero-order valence-electron chi connectivity index (χ0n) is 14.6. The van der Waals surface area contributed by atoms with Crippen molar-refractivity contribution in [2.24, 2.45) is 5.92 Å². The molecule has 2 fully saturated rings. The third kappa shape index (κ3) is 4.46. The first-order chi connectivity index (χ1) is 12.0. The average molecular weight is 363 g/mol. The molecule has 3 rings (SSSR count). The maximum Gasteiger partial charge on any atom is 0.225 e. The highest BCUT2D eigenvalue weighted by Gasteiger charge is 2.31. The number of piperazine rings is 1. The summed E-state index contributed by atoms with van der Waals surface area (Å²) in [5.41, 5.74) is 0. The first-order valence-corrected chi connectivity index (χ1v) is 9.76. The molecule has 6 nitrogen and oxygen atoms in total. The molecule has 0 atom stereocenters. The smallest absolute Gasteiger partial charge is 0.225 e. The van der Waals surface area contributed by atoms with Crippen molar-refractivity contribution in [2.75, 3.05) is 45.8 Å². The minimum atomic E-state index is 0.0369. The molecule has 0 aliphatic carbocycles. The van der Waals surface area contributed by atoms with Crippen LogP contribution in [0.2, 0.25) is 0 Å². The van der Waals surface area contributed by atoms with E-state index in [1.165, 1.54) is 11.3 Å².